The second-order valence-electron chi connectivity index (χ2n) is 5.15. The largest absolute Gasteiger partial charge is 0.504 e. The first kappa shape index (κ1) is 13.7. The maximum Gasteiger partial charge on any atom is 0.504 e. The molecule has 2 saturated heterocycles. The number of ketones is 1. The summed E-state index contributed by atoms with van der Waals surface area (Å²) in [5.74, 6) is -1.35. The molecular formula is C11H18O6Si. The molecule has 2 fully saturated rings. The van der Waals surface area contributed by atoms with Crippen molar-refractivity contribution in [2.45, 2.75) is 44.9 Å². The number of carbonyl (C=O) groups is 2. The number of hydrogen-bond donors (Lipinski definition) is 1. The maximum atomic E-state index is 11.5. The van der Waals surface area contributed by atoms with Crippen LogP contribution >= 0.6 is 0 Å². The highest BCUT2D eigenvalue weighted by atomic mass is 28.4. The van der Waals surface area contributed by atoms with Gasteiger partial charge >= 0.3 is 14.8 Å². The van der Waals surface area contributed by atoms with E-state index in [-0.39, 0.29) is 23.8 Å². The molecule has 0 aromatic heterocycles. The number of aliphatic carboxylic acids is 1. The van der Waals surface area contributed by atoms with Gasteiger partial charge in [-0.2, -0.15) is 0 Å². The molecule has 0 aromatic rings. The summed E-state index contributed by atoms with van der Waals surface area (Å²) in [4.78, 5) is 22.6. The third kappa shape index (κ3) is 2.23. The topological polar surface area (TPSA) is 82.1 Å². The second kappa shape index (κ2) is 4.73. The quantitative estimate of drug-likeness (QED) is 0.768. The lowest BCUT2D eigenvalue weighted by molar-refractivity contribution is -0.147. The van der Waals surface area contributed by atoms with E-state index in [4.69, 9.17) is 18.4 Å². The lowest BCUT2D eigenvalue weighted by atomic mass is 9.96. The van der Waals surface area contributed by atoms with E-state index in [9.17, 15) is 9.59 Å². The molecule has 7 heteroatoms. The number of carbonyl (C=O) groups excluding carboxylic acids is 1. The van der Waals surface area contributed by atoms with Gasteiger partial charge in [0.25, 0.3) is 0 Å². The van der Waals surface area contributed by atoms with Gasteiger partial charge in [0.15, 0.2) is 6.10 Å². The predicted octanol–water partition coefficient (Wildman–Crippen LogP) is 0.829. The van der Waals surface area contributed by atoms with Crippen molar-refractivity contribution < 1.29 is 28.0 Å². The molecule has 0 aromatic carbocycles. The Balaban J connectivity index is 2.26. The molecule has 18 heavy (non-hydrogen) atoms. The molecule has 2 bridgehead atoms. The predicted molar refractivity (Wildman–Crippen MR) is 63.0 cm³/mol. The van der Waals surface area contributed by atoms with Crippen molar-refractivity contribution in [3.8, 4) is 0 Å². The van der Waals surface area contributed by atoms with Gasteiger partial charge in [0, 0.05) is 18.1 Å². The van der Waals surface area contributed by atoms with Crippen LogP contribution in [0.4, 0.5) is 0 Å². The van der Waals surface area contributed by atoms with Crippen LogP contribution in [0.2, 0.25) is 5.54 Å². The average Bonchev–Trinajstić information content (AvgIpc) is 2.49. The molecule has 2 rings (SSSR count). The van der Waals surface area contributed by atoms with Gasteiger partial charge in [-0.1, -0.05) is 13.8 Å². The fourth-order valence-corrected chi connectivity index (χ4v) is 5.04. The van der Waals surface area contributed by atoms with Crippen molar-refractivity contribution in [3.63, 3.8) is 0 Å². The van der Waals surface area contributed by atoms with E-state index in [1.807, 2.05) is 13.8 Å². The van der Waals surface area contributed by atoms with E-state index >= 15 is 0 Å². The highest BCUT2D eigenvalue weighted by Crippen LogP contribution is 2.40. The zero-order chi connectivity index (χ0) is 13.5. The highest BCUT2D eigenvalue weighted by Gasteiger charge is 2.60. The molecule has 0 aliphatic carbocycles. The second-order valence-corrected chi connectivity index (χ2v) is 8.27. The fourth-order valence-electron chi connectivity index (χ4n) is 2.29. The third-order valence-corrected chi connectivity index (χ3v) is 6.67. The molecule has 0 amide bonds. The summed E-state index contributed by atoms with van der Waals surface area (Å²) in [6, 6.07) is 0. The molecule has 1 N–H and O–H groups in total. The molecular weight excluding hydrogens is 256 g/mol. The molecule has 2 aliphatic rings. The van der Waals surface area contributed by atoms with Crippen LogP contribution in [0.15, 0.2) is 0 Å². The Morgan fingerprint density at radius 3 is 2.50 bits per heavy atom. The van der Waals surface area contributed by atoms with Gasteiger partial charge in [0.2, 0.25) is 0 Å². The SMILES string of the molecule is CC(=O)C1CO[Si]2(C(C)C)OC(C1)C(C(=O)O)O2. The van der Waals surface area contributed by atoms with Gasteiger partial charge in [0.1, 0.15) is 5.78 Å². The van der Waals surface area contributed by atoms with Crippen LogP contribution in [0.1, 0.15) is 27.2 Å². The van der Waals surface area contributed by atoms with Gasteiger partial charge in [-0.3, -0.25) is 4.79 Å². The lowest BCUT2D eigenvalue weighted by Gasteiger charge is -2.27. The fraction of sp³-hybridized carbons (Fsp3) is 0.818. The molecule has 0 saturated carbocycles. The first-order chi connectivity index (χ1) is 8.35. The normalized spacial score (nSPS) is 39.7. The number of carboxylic acid groups (broad SMARTS) is 1. The summed E-state index contributed by atoms with van der Waals surface area (Å²) in [7, 11) is -2.96. The summed E-state index contributed by atoms with van der Waals surface area (Å²) < 4.78 is 17.1. The Hall–Kier alpha value is -0.763. The maximum absolute atomic E-state index is 11.5. The Bertz CT molecular complexity index is 371. The standard InChI is InChI=1S/C11H18O6Si/c1-6(2)18-15-5-8(7(3)12)4-9(16-18)10(17-18)11(13)14/h6,8-10H,4-5H2,1-3H3,(H,13,14). The van der Waals surface area contributed by atoms with Crippen LogP contribution in [0.25, 0.3) is 0 Å². The zero-order valence-electron chi connectivity index (χ0n) is 10.7. The monoisotopic (exact) mass is 274 g/mol. The van der Waals surface area contributed by atoms with Gasteiger partial charge in [-0.25, -0.2) is 4.79 Å². The number of hydrogen-bond acceptors (Lipinski definition) is 5. The van der Waals surface area contributed by atoms with E-state index in [2.05, 4.69) is 0 Å². The number of Topliss-reactive ketones (excluding diaryl/α,β-unsaturated/α-hetero) is 1. The van der Waals surface area contributed by atoms with Crippen LogP contribution in [0.5, 0.6) is 0 Å². The first-order valence-corrected chi connectivity index (χ1v) is 7.89. The minimum absolute atomic E-state index is 0.00296. The van der Waals surface area contributed by atoms with Gasteiger partial charge in [-0.15, -0.1) is 0 Å². The van der Waals surface area contributed by atoms with E-state index in [0.29, 0.717) is 6.42 Å². The van der Waals surface area contributed by atoms with Crippen LogP contribution in [0.3, 0.4) is 0 Å². The molecule has 102 valence electrons. The summed E-state index contributed by atoms with van der Waals surface area (Å²) in [6.07, 6.45) is -1.23. The van der Waals surface area contributed by atoms with Crippen molar-refractivity contribution in [2.75, 3.05) is 6.61 Å². The van der Waals surface area contributed by atoms with Crippen LogP contribution in [0, 0.1) is 5.92 Å². The molecule has 2 aliphatic heterocycles. The average molecular weight is 274 g/mol. The van der Waals surface area contributed by atoms with E-state index in [0.717, 1.165) is 0 Å². The lowest BCUT2D eigenvalue weighted by Crippen LogP contribution is -2.46. The van der Waals surface area contributed by atoms with Gasteiger partial charge in [0.05, 0.1) is 6.10 Å². The number of fused-ring (bicyclic) bond motifs is 2. The molecule has 4 atom stereocenters. The highest BCUT2D eigenvalue weighted by molar-refractivity contribution is 6.63. The Morgan fingerprint density at radius 1 is 1.33 bits per heavy atom. The third-order valence-electron chi connectivity index (χ3n) is 3.47. The van der Waals surface area contributed by atoms with Crippen molar-refractivity contribution in [1.29, 1.82) is 0 Å². The minimum atomic E-state index is -2.96. The van der Waals surface area contributed by atoms with Gasteiger partial charge < -0.3 is 18.4 Å². The molecule has 0 radical (unpaired) electrons. The first-order valence-electron chi connectivity index (χ1n) is 6.08. The van der Waals surface area contributed by atoms with Crippen LogP contribution < -0.4 is 0 Å². The van der Waals surface area contributed by atoms with Crippen molar-refractivity contribution in [3.05, 3.63) is 0 Å². The van der Waals surface area contributed by atoms with Crippen molar-refractivity contribution in [1.82, 2.24) is 0 Å². The molecule has 4 unspecified atom stereocenters. The zero-order valence-corrected chi connectivity index (χ0v) is 11.7. The van der Waals surface area contributed by atoms with Crippen LogP contribution in [-0.4, -0.2) is 44.5 Å². The Kier molecular flexibility index (Phi) is 3.59. The smallest absolute Gasteiger partial charge is 0.479 e. The molecule has 2 heterocycles. The van der Waals surface area contributed by atoms with E-state index < -0.39 is 27.0 Å². The Labute approximate surface area is 107 Å². The van der Waals surface area contributed by atoms with E-state index in [1.165, 1.54) is 6.92 Å². The minimum Gasteiger partial charge on any atom is -0.479 e. The van der Waals surface area contributed by atoms with Crippen molar-refractivity contribution >= 4 is 20.6 Å². The summed E-state index contributed by atoms with van der Waals surface area (Å²) in [5.41, 5.74) is -0.0185. The Morgan fingerprint density at radius 2 is 2.00 bits per heavy atom. The van der Waals surface area contributed by atoms with E-state index in [1.54, 1.807) is 0 Å². The summed E-state index contributed by atoms with van der Waals surface area (Å²) >= 11 is 0. The van der Waals surface area contributed by atoms with Crippen LogP contribution in [-0.2, 0) is 22.9 Å². The van der Waals surface area contributed by atoms with Gasteiger partial charge in [-0.05, 0) is 13.3 Å². The number of carboxylic acids is 1. The molecule has 6 nitrogen and oxygen atoms in total. The van der Waals surface area contributed by atoms with Crippen molar-refractivity contribution in [2.24, 2.45) is 5.92 Å². The summed E-state index contributed by atoms with van der Waals surface area (Å²) in [5, 5.41) is 9.15. The summed E-state index contributed by atoms with van der Waals surface area (Å²) in [6.45, 7) is 5.54. The molecule has 0 spiro atoms. The number of rotatable bonds is 3.